The molecule has 3 heterocycles. The van der Waals surface area contributed by atoms with Gasteiger partial charge in [0.05, 0.1) is 24.4 Å². The Hall–Kier alpha value is -3.45. The number of nitrogens with one attached hydrogen (secondary N) is 1. The van der Waals surface area contributed by atoms with Crippen LogP contribution in [0.15, 0.2) is 59.4 Å². The Morgan fingerprint density at radius 3 is 2.66 bits per heavy atom. The van der Waals surface area contributed by atoms with Gasteiger partial charge in [0.25, 0.3) is 0 Å². The first-order chi connectivity index (χ1) is 14.3. The van der Waals surface area contributed by atoms with Crippen LogP contribution in [0.1, 0.15) is 5.69 Å². The number of ether oxygens (including phenoxy) is 1. The van der Waals surface area contributed by atoms with E-state index in [0.29, 0.717) is 11.7 Å². The molecule has 1 saturated heterocycles. The Morgan fingerprint density at radius 1 is 0.966 bits per heavy atom. The van der Waals surface area contributed by atoms with Crippen molar-refractivity contribution in [3.63, 3.8) is 0 Å². The van der Waals surface area contributed by atoms with Crippen molar-refractivity contribution in [2.75, 3.05) is 36.5 Å². The molecular formula is C22H21N5O2. The van der Waals surface area contributed by atoms with Crippen LogP contribution < -0.4 is 10.2 Å². The van der Waals surface area contributed by atoms with Crippen LogP contribution in [0.25, 0.3) is 22.0 Å². The Bertz CT molecular complexity index is 1150. The van der Waals surface area contributed by atoms with Crippen LogP contribution in [0.2, 0.25) is 0 Å². The average Bonchev–Trinajstić information content (AvgIpc) is 3.19. The topological polar surface area (TPSA) is 76.3 Å². The van der Waals surface area contributed by atoms with Gasteiger partial charge in [-0.15, -0.1) is 0 Å². The first kappa shape index (κ1) is 17.6. The molecular weight excluding hydrogens is 366 g/mol. The lowest BCUT2D eigenvalue weighted by atomic mass is 10.0. The second kappa shape index (κ2) is 7.52. The molecule has 0 spiro atoms. The first-order valence-corrected chi connectivity index (χ1v) is 9.64. The molecule has 1 fully saturated rings. The van der Waals surface area contributed by atoms with Crippen molar-refractivity contribution in [3.8, 4) is 11.1 Å². The summed E-state index contributed by atoms with van der Waals surface area (Å²) in [7, 11) is 0. The molecule has 0 saturated carbocycles. The van der Waals surface area contributed by atoms with Crippen molar-refractivity contribution < 1.29 is 9.26 Å². The monoisotopic (exact) mass is 387 g/mol. The third kappa shape index (κ3) is 3.64. The zero-order valence-electron chi connectivity index (χ0n) is 16.1. The van der Waals surface area contributed by atoms with Crippen LogP contribution in [0.5, 0.6) is 0 Å². The van der Waals surface area contributed by atoms with Crippen molar-refractivity contribution in [3.05, 3.63) is 60.6 Å². The SMILES string of the molecule is Cc1cc(Nc2ncnc3ccc(-c4cccc(N5CCOCC5)c4)cc23)on1. The maximum Gasteiger partial charge on any atom is 0.230 e. The van der Waals surface area contributed by atoms with Gasteiger partial charge in [0.1, 0.15) is 12.1 Å². The van der Waals surface area contributed by atoms with Crippen molar-refractivity contribution in [1.82, 2.24) is 15.1 Å². The smallest absolute Gasteiger partial charge is 0.230 e. The number of anilines is 3. The van der Waals surface area contributed by atoms with E-state index < -0.39 is 0 Å². The van der Waals surface area contributed by atoms with Gasteiger partial charge in [-0.2, -0.15) is 0 Å². The summed E-state index contributed by atoms with van der Waals surface area (Å²) in [4.78, 5) is 11.2. The van der Waals surface area contributed by atoms with Crippen LogP contribution >= 0.6 is 0 Å². The van der Waals surface area contributed by atoms with E-state index in [1.807, 2.05) is 19.1 Å². The molecule has 4 aromatic rings. The van der Waals surface area contributed by atoms with Crippen molar-refractivity contribution in [2.24, 2.45) is 0 Å². The Balaban J connectivity index is 1.51. The third-order valence-electron chi connectivity index (χ3n) is 5.06. The summed E-state index contributed by atoms with van der Waals surface area (Å²) in [5.74, 6) is 1.25. The zero-order chi connectivity index (χ0) is 19.6. The maximum absolute atomic E-state index is 5.47. The van der Waals surface area contributed by atoms with Crippen LogP contribution in [0, 0.1) is 6.92 Å². The second-order valence-corrected chi connectivity index (χ2v) is 7.06. The fourth-order valence-electron chi connectivity index (χ4n) is 3.58. The molecule has 0 radical (unpaired) electrons. The Morgan fingerprint density at radius 2 is 1.83 bits per heavy atom. The van der Waals surface area contributed by atoms with E-state index in [4.69, 9.17) is 9.26 Å². The predicted molar refractivity (Wildman–Crippen MR) is 113 cm³/mol. The molecule has 2 aromatic carbocycles. The molecule has 0 aliphatic carbocycles. The third-order valence-corrected chi connectivity index (χ3v) is 5.06. The van der Waals surface area contributed by atoms with Crippen LogP contribution in [0.4, 0.5) is 17.4 Å². The summed E-state index contributed by atoms with van der Waals surface area (Å²) in [6.07, 6.45) is 1.55. The minimum absolute atomic E-state index is 0.558. The Labute approximate surface area is 168 Å². The van der Waals surface area contributed by atoms with Gasteiger partial charge >= 0.3 is 0 Å². The van der Waals surface area contributed by atoms with E-state index in [0.717, 1.165) is 54.0 Å². The normalized spacial score (nSPS) is 14.3. The summed E-state index contributed by atoms with van der Waals surface area (Å²) < 4.78 is 10.8. The molecule has 2 aromatic heterocycles. The number of morpholine rings is 1. The highest BCUT2D eigenvalue weighted by Gasteiger charge is 2.13. The number of fused-ring (bicyclic) bond motifs is 1. The van der Waals surface area contributed by atoms with E-state index >= 15 is 0 Å². The van der Waals surface area contributed by atoms with Gasteiger partial charge in [0.2, 0.25) is 5.88 Å². The van der Waals surface area contributed by atoms with Crippen LogP contribution in [-0.4, -0.2) is 41.4 Å². The molecule has 5 rings (SSSR count). The van der Waals surface area contributed by atoms with Crippen molar-refractivity contribution in [1.29, 1.82) is 0 Å². The summed E-state index contributed by atoms with van der Waals surface area (Å²) in [5, 5.41) is 8.05. The summed E-state index contributed by atoms with van der Waals surface area (Å²) in [6.45, 7) is 5.26. The quantitative estimate of drug-likeness (QED) is 0.563. The minimum Gasteiger partial charge on any atom is -0.378 e. The van der Waals surface area contributed by atoms with Crippen LogP contribution in [-0.2, 0) is 4.74 Å². The number of hydrogen-bond acceptors (Lipinski definition) is 7. The first-order valence-electron chi connectivity index (χ1n) is 9.64. The molecule has 1 aliphatic heterocycles. The minimum atomic E-state index is 0.558. The Kier molecular flexibility index (Phi) is 4.57. The van der Waals surface area contributed by atoms with Gasteiger partial charge in [0, 0.05) is 30.2 Å². The van der Waals surface area contributed by atoms with Crippen LogP contribution in [0.3, 0.4) is 0 Å². The fourth-order valence-corrected chi connectivity index (χ4v) is 3.58. The van der Waals surface area contributed by atoms with E-state index in [2.05, 4.69) is 61.7 Å². The van der Waals surface area contributed by atoms with E-state index in [1.165, 1.54) is 5.69 Å². The lowest BCUT2D eigenvalue weighted by Gasteiger charge is -2.29. The largest absolute Gasteiger partial charge is 0.378 e. The number of benzene rings is 2. The molecule has 0 bridgehead atoms. The average molecular weight is 387 g/mol. The number of hydrogen-bond donors (Lipinski definition) is 1. The van der Waals surface area contributed by atoms with Gasteiger partial charge < -0.3 is 19.5 Å². The summed E-state index contributed by atoms with van der Waals surface area (Å²) in [6, 6.07) is 16.7. The van der Waals surface area contributed by atoms with E-state index in [-0.39, 0.29) is 0 Å². The van der Waals surface area contributed by atoms with Gasteiger partial charge in [-0.25, -0.2) is 9.97 Å². The highest BCUT2D eigenvalue weighted by molar-refractivity contribution is 5.93. The highest BCUT2D eigenvalue weighted by atomic mass is 16.5. The van der Waals surface area contributed by atoms with Gasteiger partial charge in [0.15, 0.2) is 0 Å². The van der Waals surface area contributed by atoms with Crippen molar-refractivity contribution in [2.45, 2.75) is 6.92 Å². The zero-order valence-corrected chi connectivity index (χ0v) is 16.1. The van der Waals surface area contributed by atoms with Gasteiger partial charge in [-0.3, -0.25) is 0 Å². The fraction of sp³-hybridized carbons (Fsp3) is 0.227. The molecule has 7 nitrogen and oxygen atoms in total. The van der Waals surface area contributed by atoms with Gasteiger partial charge in [-0.05, 0) is 42.3 Å². The number of aromatic nitrogens is 3. The lowest BCUT2D eigenvalue weighted by Crippen LogP contribution is -2.36. The second-order valence-electron chi connectivity index (χ2n) is 7.06. The number of rotatable bonds is 4. The number of nitrogens with zero attached hydrogens (tertiary/aromatic N) is 4. The molecule has 29 heavy (non-hydrogen) atoms. The summed E-state index contributed by atoms with van der Waals surface area (Å²) in [5.41, 5.74) is 5.16. The molecule has 1 aliphatic rings. The summed E-state index contributed by atoms with van der Waals surface area (Å²) >= 11 is 0. The lowest BCUT2D eigenvalue weighted by molar-refractivity contribution is 0.122. The molecule has 7 heteroatoms. The standard InChI is InChI=1S/C22H21N5O2/c1-15-11-21(29-26-15)25-22-19-13-17(5-6-20(19)23-14-24-22)16-3-2-4-18(12-16)27-7-9-28-10-8-27/h2-6,11-14H,7-10H2,1H3,(H,23,24,25). The predicted octanol–water partition coefficient (Wildman–Crippen LogP) is 4.17. The molecule has 1 N–H and O–H groups in total. The molecule has 0 atom stereocenters. The maximum atomic E-state index is 5.47. The molecule has 0 amide bonds. The number of aryl methyl sites for hydroxylation is 1. The highest BCUT2D eigenvalue weighted by Crippen LogP contribution is 2.30. The van der Waals surface area contributed by atoms with E-state index in [1.54, 1.807) is 6.33 Å². The van der Waals surface area contributed by atoms with Crippen molar-refractivity contribution >= 4 is 28.3 Å². The molecule has 0 unspecified atom stereocenters. The van der Waals surface area contributed by atoms with E-state index in [9.17, 15) is 0 Å². The van der Waals surface area contributed by atoms with Gasteiger partial charge in [-0.1, -0.05) is 23.4 Å². The molecule has 146 valence electrons.